The Morgan fingerprint density at radius 2 is 1.90 bits per heavy atom. The molecule has 2 rings (SSSR count). The van der Waals surface area contributed by atoms with Crippen LogP contribution >= 0.6 is 12.4 Å². The van der Waals surface area contributed by atoms with Gasteiger partial charge in [0.05, 0.1) is 0 Å². The van der Waals surface area contributed by atoms with E-state index in [9.17, 15) is 9.59 Å². The third-order valence-corrected chi connectivity index (χ3v) is 4.38. The van der Waals surface area contributed by atoms with Crippen LogP contribution in [0.3, 0.4) is 0 Å². The van der Waals surface area contributed by atoms with Crippen molar-refractivity contribution in [1.82, 2.24) is 16.0 Å². The van der Waals surface area contributed by atoms with E-state index in [0.29, 0.717) is 12.3 Å². The highest BCUT2D eigenvalue weighted by Crippen LogP contribution is 2.26. The molecular formula is C15H28ClN3O2. The molecule has 0 bridgehead atoms. The highest BCUT2D eigenvalue weighted by molar-refractivity contribution is 5.87. The number of amides is 2. The fraction of sp³-hybridized carbons (Fsp3) is 0.867. The molecule has 0 spiro atoms. The summed E-state index contributed by atoms with van der Waals surface area (Å²) in [6.07, 6.45) is 7.62. The molecule has 1 heterocycles. The second kappa shape index (κ2) is 9.26. The molecule has 122 valence electrons. The highest BCUT2D eigenvalue weighted by Gasteiger charge is 2.23. The van der Waals surface area contributed by atoms with E-state index >= 15 is 0 Å². The lowest BCUT2D eigenvalue weighted by molar-refractivity contribution is -0.129. The van der Waals surface area contributed by atoms with Gasteiger partial charge in [-0.05, 0) is 38.6 Å². The third-order valence-electron chi connectivity index (χ3n) is 4.38. The summed E-state index contributed by atoms with van der Waals surface area (Å²) in [6, 6.07) is -0.230. The molecule has 6 heteroatoms. The van der Waals surface area contributed by atoms with Crippen molar-refractivity contribution in [1.29, 1.82) is 0 Å². The van der Waals surface area contributed by atoms with Crippen molar-refractivity contribution in [2.24, 2.45) is 5.92 Å². The quantitative estimate of drug-likeness (QED) is 0.717. The molecule has 3 N–H and O–H groups in total. The van der Waals surface area contributed by atoms with Crippen molar-refractivity contribution < 1.29 is 9.59 Å². The molecule has 2 fully saturated rings. The van der Waals surface area contributed by atoms with Crippen LogP contribution in [0.25, 0.3) is 0 Å². The zero-order valence-corrected chi connectivity index (χ0v) is 13.6. The molecule has 2 atom stereocenters. The SMILES string of the molecule is CC(NC(=O)CC1CCCCC1)C(=O)NC1CCNC1.Cl. The normalized spacial score (nSPS) is 24.0. The Labute approximate surface area is 133 Å². The zero-order chi connectivity index (χ0) is 14.4. The Hall–Kier alpha value is -0.810. The second-order valence-corrected chi connectivity index (χ2v) is 6.20. The Morgan fingerprint density at radius 1 is 1.19 bits per heavy atom. The van der Waals surface area contributed by atoms with Gasteiger partial charge in [-0.2, -0.15) is 0 Å². The fourth-order valence-corrected chi connectivity index (χ4v) is 3.12. The molecule has 0 radical (unpaired) electrons. The van der Waals surface area contributed by atoms with Gasteiger partial charge in [0.25, 0.3) is 0 Å². The van der Waals surface area contributed by atoms with Crippen LogP contribution in [0, 0.1) is 5.92 Å². The molecule has 2 aliphatic rings. The molecule has 5 nitrogen and oxygen atoms in total. The largest absolute Gasteiger partial charge is 0.350 e. The lowest BCUT2D eigenvalue weighted by Crippen LogP contribution is -2.48. The van der Waals surface area contributed by atoms with Crippen LogP contribution < -0.4 is 16.0 Å². The van der Waals surface area contributed by atoms with E-state index in [1.165, 1.54) is 19.3 Å². The van der Waals surface area contributed by atoms with Gasteiger partial charge in [0.2, 0.25) is 11.8 Å². The Bertz CT molecular complexity index is 340. The number of carbonyl (C=O) groups excluding carboxylic acids is 2. The number of hydrogen-bond donors (Lipinski definition) is 3. The highest BCUT2D eigenvalue weighted by atomic mass is 35.5. The van der Waals surface area contributed by atoms with Gasteiger partial charge in [-0.3, -0.25) is 9.59 Å². The van der Waals surface area contributed by atoms with Crippen LogP contribution in [0.4, 0.5) is 0 Å². The molecular weight excluding hydrogens is 290 g/mol. The summed E-state index contributed by atoms with van der Waals surface area (Å²) in [5, 5.41) is 9.01. The summed E-state index contributed by atoms with van der Waals surface area (Å²) < 4.78 is 0. The van der Waals surface area contributed by atoms with Crippen LogP contribution in [0.5, 0.6) is 0 Å². The maximum Gasteiger partial charge on any atom is 0.242 e. The Kier molecular flexibility index (Phi) is 8.04. The summed E-state index contributed by atoms with van der Waals surface area (Å²) in [6.45, 7) is 3.54. The minimum Gasteiger partial charge on any atom is -0.350 e. The maximum atomic E-state index is 12.0. The van der Waals surface area contributed by atoms with Gasteiger partial charge in [0.15, 0.2) is 0 Å². The minimum absolute atomic E-state index is 0. The maximum absolute atomic E-state index is 12.0. The zero-order valence-electron chi connectivity index (χ0n) is 12.8. The molecule has 2 amide bonds. The van der Waals surface area contributed by atoms with E-state index in [0.717, 1.165) is 32.4 Å². The van der Waals surface area contributed by atoms with Crippen LogP contribution in [0.1, 0.15) is 51.9 Å². The molecule has 0 aromatic carbocycles. The summed E-state index contributed by atoms with van der Waals surface area (Å²) in [5.74, 6) is 0.456. The smallest absolute Gasteiger partial charge is 0.242 e. The van der Waals surface area contributed by atoms with Crippen molar-refractivity contribution in [3.8, 4) is 0 Å². The predicted octanol–water partition coefficient (Wildman–Crippen LogP) is 1.36. The second-order valence-electron chi connectivity index (χ2n) is 6.20. The molecule has 2 unspecified atom stereocenters. The van der Waals surface area contributed by atoms with Crippen molar-refractivity contribution in [3.63, 3.8) is 0 Å². The molecule has 1 saturated carbocycles. The van der Waals surface area contributed by atoms with E-state index in [-0.39, 0.29) is 30.3 Å². The van der Waals surface area contributed by atoms with Crippen LogP contribution in [0.2, 0.25) is 0 Å². The molecule has 21 heavy (non-hydrogen) atoms. The first-order valence-electron chi connectivity index (χ1n) is 7.95. The first-order chi connectivity index (χ1) is 9.65. The van der Waals surface area contributed by atoms with Crippen molar-refractivity contribution in [2.75, 3.05) is 13.1 Å². The van der Waals surface area contributed by atoms with Crippen molar-refractivity contribution >= 4 is 24.2 Å². The lowest BCUT2D eigenvalue weighted by Gasteiger charge is -2.22. The average molecular weight is 318 g/mol. The Morgan fingerprint density at radius 3 is 2.52 bits per heavy atom. The summed E-state index contributed by atoms with van der Waals surface area (Å²) in [5.41, 5.74) is 0. The average Bonchev–Trinajstić information content (AvgIpc) is 2.92. The standard InChI is InChI=1S/C15H27N3O2.ClH/c1-11(15(20)18-13-7-8-16-10-13)17-14(19)9-12-5-3-2-4-6-12;/h11-13,16H,2-10H2,1H3,(H,17,19)(H,18,20);1H. The molecule has 1 aliphatic carbocycles. The van der Waals surface area contributed by atoms with E-state index in [2.05, 4.69) is 16.0 Å². The van der Waals surface area contributed by atoms with Crippen LogP contribution in [0.15, 0.2) is 0 Å². The first-order valence-corrected chi connectivity index (χ1v) is 7.95. The molecule has 1 saturated heterocycles. The number of nitrogens with one attached hydrogen (secondary N) is 3. The minimum atomic E-state index is -0.438. The predicted molar refractivity (Wildman–Crippen MR) is 85.5 cm³/mol. The van der Waals surface area contributed by atoms with Crippen molar-refractivity contribution in [3.05, 3.63) is 0 Å². The van der Waals surface area contributed by atoms with Gasteiger partial charge in [-0.15, -0.1) is 12.4 Å². The topological polar surface area (TPSA) is 70.2 Å². The van der Waals surface area contributed by atoms with Crippen molar-refractivity contribution in [2.45, 2.75) is 64.0 Å². The summed E-state index contributed by atoms with van der Waals surface area (Å²) in [7, 11) is 0. The first kappa shape index (κ1) is 18.2. The number of carbonyl (C=O) groups is 2. The van der Waals surface area contributed by atoms with Gasteiger partial charge >= 0.3 is 0 Å². The van der Waals surface area contributed by atoms with E-state index < -0.39 is 6.04 Å². The van der Waals surface area contributed by atoms with Gasteiger partial charge in [0.1, 0.15) is 6.04 Å². The lowest BCUT2D eigenvalue weighted by atomic mass is 9.87. The summed E-state index contributed by atoms with van der Waals surface area (Å²) >= 11 is 0. The van der Waals surface area contributed by atoms with E-state index in [1.54, 1.807) is 6.92 Å². The number of hydrogen-bond acceptors (Lipinski definition) is 3. The molecule has 0 aromatic heterocycles. The van der Waals surface area contributed by atoms with Crippen LogP contribution in [-0.4, -0.2) is 37.0 Å². The van der Waals surface area contributed by atoms with Gasteiger partial charge in [-0.25, -0.2) is 0 Å². The van der Waals surface area contributed by atoms with Gasteiger partial charge in [-0.1, -0.05) is 19.3 Å². The number of halogens is 1. The monoisotopic (exact) mass is 317 g/mol. The molecule has 1 aliphatic heterocycles. The number of rotatable bonds is 5. The van der Waals surface area contributed by atoms with E-state index in [1.807, 2.05) is 0 Å². The van der Waals surface area contributed by atoms with Gasteiger partial charge in [0, 0.05) is 19.0 Å². The van der Waals surface area contributed by atoms with Gasteiger partial charge < -0.3 is 16.0 Å². The van der Waals surface area contributed by atoms with E-state index in [4.69, 9.17) is 0 Å². The summed E-state index contributed by atoms with van der Waals surface area (Å²) in [4.78, 5) is 23.9. The molecule has 0 aromatic rings. The Balaban J connectivity index is 0.00000220. The third kappa shape index (κ3) is 6.22. The fourth-order valence-electron chi connectivity index (χ4n) is 3.12. The van der Waals surface area contributed by atoms with Crippen LogP contribution in [-0.2, 0) is 9.59 Å².